The van der Waals surface area contributed by atoms with Crippen LogP contribution in [0.15, 0.2) is 24.3 Å². The number of methoxy groups -OCH3 is 1. The van der Waals surface area contributed by atoms with E-state index in [-0.39, 0.29) is 5.92 Å². The summed E-state index contributed by atoms with van der Waals surface area (Å²) in [6.07, 6.45) is 0. The van der Waals surface area contributed by atoms with E-state index < -0.39 is 0 Å². The van der Waals surface area contributed by atoms with Gasteiger partial charge < -0.3 is 4.74 Å². The van der Waals surface area contributed by atoms with Gasteiger partial charge in [-0.05, 0) is 17.7 Å². The smallest absolute Gasteiger partial charge is 0.142 e. The van der Waals surface area contributed by atoms with Gasteiger partial charge in [0.2, 0.25) is 0 Å². The Hall–Kier alpha value is -0.870. The first-order chi connectivity index (χ1) is 9.52. The fraction of sp³-hybridized carbons (Fsp3) is 0.286. The summed E-state index contributed by atoms with van der Waals surface area (Å²) in [6.45, 7) is 2.45. The van der Waals surface area contributed by atoms with Crippen LogP contribution in [0.2, 0.25) is 15.3 Å². The maximum Gasteiger partial charge on any atom is 0.142 e. The van der Waals surface area contributed by atoms with E-state index in [9.17, 15) is 0 Å². The Labute approximate surface area is 132 Å². The Bertz CT molecular complexity index is 596. The van der Waals surface area contributed by atoms with E-state index in [4.69, 9.17) is 39.5 Å². The number of ether oxygens (including phenoxy) is 1. The van der Waals surface area contributed by atoms with Crippen molar-refractivity contribution < 1.29 is 4.74 Å². The van der Waals surface area contributed by atoms with E-state index in [1.165, 1.54) is 0 Å². The molecule has 0 radical (unpaired) electrons. The van der Waals surface area contributed by atoms with Crippen molar-refractivity contribution in [2.45, 2.75) is 12.8 Å². The molecule has 106 valence electrons. The second kappa shape index (κ2) is 6.72. The molecule has 0 spiro atoms. The third-order valence-electron chi connectivity index (χ3n) is 2.81. The molecule has 0 fully saturated rings. The molecule has 3 nitrogen and oxygen atoms in total. The lowest BCUT2D eigenvalue weighted by molar-refractivity contribution is 0.181. The molecular formula is C14H13Cl3N2O. The Balaban J connectivity index is 2.46. The molecule has 0 saturated carbocycles. The highest BCUT2D eigenvalue weighted by atomic mass is 35.5. The predicted molar refractivity (Wildman–Crippen MR) is 82.8 cm³/mol. The topological polar surface area (TPSA) is 35.0 Å². The summed E-state index contributed by atoms with van der Waals surface area (Å²) in [5.41, 5.74) is 1.38. The third kappa shape index (κ3) is 3.41. The van der Waals surface area contributed by atoms with Crippen molar-refractivity contribution in [2.75, 3.05) is 13.7 Å². The number of hydrogen-bond acceptors (Lipinski definition) is 3. The summed E-state index contributed by atoms with van der Waals surface area (Å²) < 4.78 is 5.08. The monoisotopic (exact) mass is 330 g/mol. The van der Waals surface area contributed by atoms with Gasteiger partial charge in [-0.3, -0.25) is 0 Å². The molecule has 2 rings (SSSR count). The van der Waals surface area contributed by atoms with Crippen LogP contribution in [0, 0.1) is 0 Å². The van der Waals surface area contributed by atoms with Gasteiger partial charge in [-0.2, -0.15) is 0 Å². The van der Waals surface area contributed by atoms with E-state index in [0.717, 1.165) is 5.56 Å². The van der Waals surface area contributed by atoms with Crippen LogP contribution in [0.1, 0.15) is 18.7 Å². The van der Waals surface area contributed by atoms with Crippen LogP contribution in [-0.4, -0.2) is 23.7 Å². The summed E-state index contributed by atoms with van der Waals surface area (Å²) in [5, 5.41) is 1.22. The number of hydrogen-bond donors (Lipinski definition) is 0. The SMILES string of the molecule is COCC(C)c1nc(Cl)c(-c2cccc(Cl)c2)c(Cl)n1. The lowest BCUT2D eigenvalue weighted by Gasteiger charge is -2.12. The molecular weight excluding hydrogens is 319 g/mol. The lowest BCUT2D eigenvalue weighted by atomic mass is 10.1. The fourth-order valence-corrected chi connectivity index (χ4v) is 2.66. The number of halogens is 3. The van der Waals surface area contributed by atoms with Crippen molar-refractivity contribution in [3.8, 4) is 11.1 Å². The molecule has 0 aliphatic heterocycles. The quantitative estimate of drug-likeness (QED) is 0.751. The summed E-state index contributed by atoms with van der Waals surface area (Å²) in [7, 11) is 1.63. The summed E-state index contributed by atoms with van der Waals surface area (Å²) in [4.78, 5) is 8.61. The molecule has 6 heteroatoms. The second-order valence-corrected chi connectivity index (χ2v) is 5.56. The molecule has 0 aliphatic rings. The highest BCUT2D eigenvalue weighted by Crippen LogP contribution is 2.34. The number of aromatic nitrogens is 2. The summed E-state index contributed by atoms with van der Waals surface area (Å²) >= 11 is 18.5. The van der Waals surface area contributed by atoms with Crippen LogP contribution in [0.5, 0.6) is 0 Å². The highest BCUT2D eigenvalue weighted by Gasteiger charge is 2.17. The van der Waals surface area contributed by atoms with Crippen molar-refractivity contribution in [1.82, 2.24) is 9.97 Å². The van der Waals surface area contributed by atoms with E-state index in [1.807, 2.05) is 19.1 Å². The Morgan fingerprint density at radius 1 is 1.15 bits per heavy atom. The molecule has 0 amide bonds. The number of nitrogens with zero attached hydrogens (tertiary/aromatic N) is 2. The van der Waals surface area contributed by atoms with Crippen LogP contribution >= 0.6 is 34.8 Å². The van der Waals surface area contributed by atoms with Gasteiger partial charge in [0.1, 0.15) is 16.1 Å². The molecule has 1 aromatic carbocycles. The Kier molecular flexibility index (Phi) is 5.22. The molecule has 1 aromatic heterocycles. The van der Waals surface area contributed by atoms with Gasteiger partial charge in [-0.15, -0.1) is 0 Å². The minimum absolute atomic E-state index is 0.0170. The van der Waals surface area contributed by atoms with Crippen molar-refractivity contribution >= 4 is 34.8 Å². The highest BCUT2D eigenvalue weighted by molar-refractivity contribution is 6.38. The van der Waals surface area contributed by atoms with E-state index in [1.54, 1.807) is 19.2 Å². The first kappa shape index (κ1) is 15.5. The Morgan fingerprint density at radius 2 is 1.80 bits per heavy atom. The lowest BCUT2D eigenvalue weighted by Crippen LogP contribution is -2.08. The van der Waals surface area contributed by atoms with Gasteiger partial charge in [-0.1, -0.05) is 53.9 Å². The van der Waals surface area contributed by atoms with Crippen LogP contribution < -0.4 is 0 Å². The third-order valence-corrected chi connectivity index (χ3v) is 3.59. The van der Waals surface area contributed by atoms with Crippen LogP contribution in [0.4, 0.5) is 0 Å². The maximum absolute atomic E-state index is 6.25. The van der Waals surface area contributed by atoms with Gasteiger partial charge >= 0.3 is 0 Å². The molecule has 1 unspecified atom stereocenters. The van der Waals surface area contributed by atoms with Crippen molar-refractivity contribution in [1.29, 1.82) is 0 Å². The minimum Gasteiger partial charge on any atom is -0.384 e. The zero-order valence-corrected chi connectivity index (χ0v) is 13.3. The molecule has 0 bridgehead atoms. The number of rotatable bonds is 4. The first-order valence-corrected chi connectivity index (χ1v) is 7.14. The van der Waals surface area contributed by atoms with Gasteiger partial charge in [0.15, 0.2) is 0 Å². The van der Waals surface area contributed by atoms with E-state index in [2.05, 4.69) is 9.97 Å². The molecule has 1 heterocycles. The summed E-state index contributed by atoms with van der Waals surface area (Å²) in [5.74, 6) is 0.580. The first-order valence-electron chi connectivity index (χ1n) is 6.00. The van der Waals surface area contributed by atoms with Gasteiger partial charge in [0.25, 0.3) is 0 Å². The standard InChI is InChI=1S/C14H13Cl3N2O/c1-8(7-20-2)14-18-12(16)11(13(17)19-14)9-4-3-5-10(15)6-9/h3-6,8H,7H2,1-2H3. The average molecular weight is 332 g/mol. The van der Waals surface area contributed by atoms with Crippen LogP contribution in [0.3, 0.4) is 0 Å². The average Bonchev–Trinajstić information content (AvgIpc) is 2.38. The maximum atomic E-state index is 6.25. The molecule has 0 saturated heterocycles. The van der Waals surface area contributed by atoms with Crippen LogP contribution in [0.25, 0.3) is 11.1 Å². The van der Waals surface area contributed by atoms with Crippen LogP contribution in [-0.2, 0) is 4.74 Å². The summed E-state index contributed by atoms with van der Waals surface area (Å²) in [6, 6.07) is 7.24. The second-order valence-electron chi connectivity index (χ2n) is 4.41. The fourth-order valence-electron chi connectivity index (χ4n) is 1.85. The Morgan fingerprint density at radius 3 is 2.35 bits per heavy atom. The van der Waals surface area contributed by atoms with Crippen molar-refractivity contribution in [3.63, 3.8) is 0 Å². The molecule has 0 aliphatic carbocycles. The molecule has 20 heavy (non-hydrogen) atoms. The van der Waals surface area contributed by atoms with Gasteiger partial charge in [-0.25, -0.2) is 9.97 Å². The number of benzene rings is 1. The largest absolute Gasteiger partial charge is 0.384 e. The van der Waals surface area contributed by atoms with Gasteiger partial charge in [0, 0.05) is 18.1 Å². The predicted octanol–water partition coefficient (Wildman–Crippen LogP) is 4.85. The molecule has 1 atom stereocenters. The zero-order valence-electron chi connectivity index (χ0n) is 11.0. The molecule has 0 N–H and O–H groups in total. The molecule has 2 aromatic rings. The van der Waals surface area contributed by atoms with E-state index in [0.29, 0.717) is 33.3 Å². The normalized spacial score (nSPS) is 12.4. The van der Waals surface area contributed by atoms with E-state index >= 15 is 0 Å². The van der Waals surface area contributed by atoms with Crippen molar-refractivity contribution in [3.05, 3.63) is 45.4 Å². The minimum atomic E-state index is 0.0170. The van der Waals surface area contributed by atoms with Gasteiger partial charge in [0.05, 0.1) is 12.2 Å². The van der Waals surface area contributed by atoms with Crippen molar-refractivity contribution in [2.24, 2.45) is 0 Å². The zero-order chi connectivity index (χ0) is 14.7.